The van der Waals surface area contributed by atoms with E-state index in [1.165, 1.54) is 6.42 Å². The lowest BCUT2D eigenvalue weighted by molar-refractivity contribution is 0.0742. The number of rotatable bonds is 1. The molecule has 5 heteroatoms. The van der Waals surface area contributed by atoms with Crippen molar-refractivity contribution >= 4 is 16.7 Å². The van der Waals surface area contributed by atoms with Gasteiger partial charge in [0.15, 0.2) is 0 Å². The average Bonchev–Trinajstić information content (AvgIpc) is 2.86. The standard InChI is InChI=1S/C17H19N3O2/c21-16-14-4-2-1-3-11(14)9-15(19-16)17(22)20-8-7-12-5-6-13(10-20)18-12/h1-4,9,12-13,18H,5-8,10H2,(H,19,21). The number of carbonyl (C=O) groups excluding carboxylic acids is 1. The molecule has 0 aliphatic carbocycles. The Labute approximate surface area is 128 Å². The first kappa shape index (κ1) is 13.5. The highest BCUT2D eigenvalue weighted by Crippen LogP contribution is 2.21. The van der Waals surface area contributed by atoms with Crippen LogP contribution in [0.5, 0.6) is 0 Å². The number of nitrogens with one attached hydrogen (secondary N) is 2. The molecule has 0 spiro atoms. The van der Waals surface area contributed by atoms with E-state index in [0.29, 0.717) is 23.2 Å². The number of fused-ring (bicyclic) bond motifs is 3. The van der Waals surface area contributed by atoms with Crippen molar-refractivity contribution in [3.63, 3.8) is 0 Å². The first-order valence-electron chi connectivity index (χ1n) is 7.88. The van der Waals surface area contributed by atoms with E-state index >= 15 is 0 Å². The van der Waals surface area contributed by atoms with Crippen LogP contribution >= 0.6 is 0 Å². The largest absolute Gasteiger partial charge is 0.336 e. The number of hydrogen-bond acceptors (Lipinski definition) is 3. The first-order valence-corrected chi connectivity index (χ1v) is 7.88. The smallest absolute Gasteiger partial charge is 0.270 e. The summed E-state index contributed by atoms with van der Waals surface area (Å²) in [5.41, 5.74) is 0.192. The van der Waals surface area contributed by atoms with Crippen molar-refractivity contribution in [3.8, 4) is 0 Å². The quantitative estimate of drug-likeness (QED) is 0.838. The lowest BCUT2D eigenvalue weighted by Gasteiger charge is -2.24. The van der Waals surface area contributed by atoms with Crippen LogP contribution in [0.4, 0.5) is 0 Å². The van der Waals surface area contributed by atoms with Gasteiger partial charge in [-0.15, -0.1) is 0 Å². The molecule has 0 saturated carbocycles. The highest BCUT2D eigenvalue weighted by atomic mass is 16.2. The molecule has 1 amide bonds. The molecule has 2 saturated heterocycles. The van der Waals surface area contributed by atoms with Gasteiger partial charge >= 0.3 is 0 Å². The van der Waals surface area contributed by atoms with Crippen molar-refractivity contribution in [1.82, 2.24) is 15.2 Å². The van der Waals surface area contributed by atoms with Crippen molar-refractivity contribution in [2.24, 2.45) is 0 Å². The maximum absolute atomic E-state index is 12.8. The zero-order valence-electron chi connectivity index (χ0n) is 12.3. The number of aromatic amines is 1. The molecule has 4 rings (SSSR count). The van der Waals surface area contributed by atoms with E-state index in [1.807, 2.05) is 23.1 Å². The Morgan fingerprint density at radius 2 is 1.95 bits per heavy atom. The third kappa shape index (κ3) is 2.31. The molecule has 2 unspecified atom stereocenters. The molecular formula is C17H19N3O2. The number of amides is 1. The summed E-state index contributed by atoms with van der Waals surface area (Å²) in [7, 11) is 0. The van der Waals surface area contributed by atoms with Crippen LogP contribution in [0.15, 0.2) is 35.1 Å². The van der Waals surface area contributed by atoms with Crippen LogP contribution in [-0.4, -0.2) is 41.0 Å². The van der Waals surface area contributed by atoms with Crippen molar-refractivity contribution in [2.45, 2.75) is 31.3 Å². The fourth-order valence-corrected chi connectivity index (χ4v) is 3.62. The molecule has 22 heavy (non-hydrogen) atoms. The molecule has 2 aliphatic rings. The predicted molar refractivity (Wildman–Crippen MR) is 85.0 cm³/mol. The van der Waals surface area contributed by atoms with Crippen molar-refractivity contribution in [2.75, 3.05) is 13.1 Å². The summed E-state index contributed by atoms with van der Waals surface area (Å²) in [6.45, 7) is 1.48. The Balaban J connectivity index is 1.66. The minimum Gasteiger partial charge on any atom is -0.336 e. The second-order valence-corrected chi connectivity index (χ2v) is 6.28. The van der Waals surface area contributed by atoms with Gasteiger partial charge in [-0.05, 0) is 36.8 Å². The number of pyridine rings is 1. The molecule has 5 nitrogen and oxygen atoms in total. The van der Waals surface area contributed by atoms with Gasteiger partial charge in [-0.2, -0.15) is 0 Å². The predicted octanol–water partition coefficient (Wildman–Crippen LogP) is 1.49. The monoisotopic (exact) mass is 297 g/mol. The maximum Gasteiger partial charge on any atom is 0.270 e. The zero-order valence-corrected chi connectivity index (χ0v) is 12.3. The Morgan fingerprint density at radius 1 is 1.14 bits per heavy atom. The van der Waals surface area contributed by atoms with E-state index in [-0.39, 0.29) is 11.5 Å². The van der Waals surface area contributed by atoms with Gasteiger partial charge in [0.05, 0.1) is 0 Å². The van der Waals surface area contributed by atoms with E-state index < -0.39 is 0 Å². The van der Waals surface area contributed by atoms with E-state index in [4.69, 9.17) is 0 Å². The molecule has 2 N–H and O–H groups in total. The van der Waals surface area contributed by atoms with Gasteiger partial charge in [0, 0.05) is 30.6 Å². The molecule has 0 radical (unpaired) electrons. The Hall–Kier alpha value is -2.14. The van der Waals surface area contributed by atoms with Gasteiger partial charge in [0.25, 0.3) is 11.5 Å². The third-order valence-electron chi connectivity index (χ3n) is 4.79. The average molecular weight is 297 g/mol. The van der Waals surface area contributed by atoms with Gasteiger partial charge in [-0.25, -0.2) is 0 Å². The van der Waals surface area contributed by atoms with Crippen molar-refractivity contribution in [1.29, 1.82) is 0 Å². The number of likely N-dealkylation sites (tertiary alicyclic amines) is 1. The van der Waals surface area contributed by atoms with Gasteiger partial charge in [-0.3, -0.25) is 9.59 Å². The minimum atomic E-state index is -0.198. The van der Waals surface area contributed by atoms with Crippen LogP contribution in [0.3, 0.4) is 0 Å². The van der Waals surface area contributed by atoms with Crippen molar-refractivity contribution in [3.05, 3.63) is 46.4 Å². The van der Waals surface area contributed by atoms with Crippen LogP contribution in [0.1, 0.15) is 29.8 Å². The summed E-state index contributed by atoms with van der Waals surface area (Å²) in [5, 5.41) is 4.99. The van der Waals surface area contributed by atoms with Crippen LogP contribution in [0.2, 0.25) is 0 Å². The van der Waals surface area contributed by atoms with Crippen molar-refractivity contribution < 1.29 is 4.79 Å². The summed E-state index contributed by atoms with van der Waals surface area (Å²) < 4.78 is 0. The topological polar surface area (TPSA) is 65.2 Å². The number of benzene rings is 1. The molecule has 114 valence electrons. The molecular weight excluding hydrogens is 278 g/mol. The molecule has 2 atom stereocenters. The van der Waals surface area contributed by atoms with E-state index in [0.717, 1.165) is 31.3 Å². The van der Waals surface area contributed by atoms with E-state index in [9.17, 15) is 9.59 Å². The lowest BCUT2D eigenvalue weighted by Crippen LogP contribution is -2.39. The minimum absolute atomic E-state index is 0.0720. The molecule has 2 bridgehead atoms. The summed E-state index contributed by atoms with van der Waals surface area (Å²) in [6, 6.07) is 10.1. The summed E-state index contributed by atoms with van der Waals surface area (Å²) in [5.74, 6) is -0.0720. The fourth-order valence-electron chi connectivity index (χ4n) is 3.62. The molecule has 1 aromatic heterocycles. The second kappa shape index (κ2) is 5.25. The highest BCUT2D eigenvalue weighted by molar-refractivity contribution is 5.96. The second-order valence-electron chi connectivity index (χ2n) is 6.28. The van der Waals surface area contributed by atoms with Crippen LogP contribution in [0, 0.1) is 0 Å². The SMILES string of the molecule is O=C(c1cc2ccccc2c(=O)[nH]1)N1CCC2CCC(C1)N2. The van der Waals surface area contributed by atoms with Crippen LogP contribution < -0.4 is 10.9 Å². The summed E-state index contributed by atoms with van der Waals surface area (Å²) in [4.78, 5) is 29.5. The van der Waals surface area contributed by atoms with Crippen LogP contribution in [0.25, 0.3) is 10.8 Å². The number of hydrogen-bond donors (Lipinski definition) is 2. The van der Waals surface area contributed by atoms with Gasteiger partial charge in [0.1, 0.15) is 5.69 Å². The molecule has 2 aromatic rings. The number of carbonyl (C=O) groups is 1. The molecule has 1 aromatic carbocycles. The maximum atomic E-state index is 12.8. The first-order chi connectivity index (χ1) is 10.7. The number of aromatic nitrogens is 1. The van der Waals surface area contributed by atoms with Gasteiger partial charge in [0.2, 0.25) is 0 Å². The van der Waals surface area contributed by atoms with E-state index in [2.05, 4.69) is 10.3 Å². The Bertz CT molecular complexity index is 783. The lowest BCUT2D eigenvalue weighted by atomic mass is 10.1. The molecule has 3 heterocycles. The molecule has 2 fully saturated rings. The number of H-pyrrole nitrogens is 1. The molecule has 2 aliphatic heterocycles. The Kier molecular flexibility index (Phi) is 3.22. The third-order valence-corrected chi connectivity index (χ3v) is 4.79. The summed E-state index contributed by atoms with van der Waals surface area (Å²) >= 11 is 0. The fraction of sp³-hybridized carbons (Fsp3) is 0.412. The van der Waals surface area contributed by atoms with Crippen LogP contribution in [-0.2, 0) is 0 Å². The highest BCUT2D eigenvalue weighted by Gasteiger charge is 2.31. The van der Waals surface area contributed by atoms with E-state index in [1.54, 1.807) is 12.1 Å². The summed E-state index contributed by atoms with van der Waals surface area (Å²) in [6.07, 6.45) is 3.32. The zero-order chi connectivity index (χ0) is 15.1. The Morgan fingerprint density at radius 3 is 2.86 bits per heavy atom. The van der Waals surface area contributed by atoms with Gasteiger partial charge in [-0.1, -0.05) is 18.2 Å². The van der Waals surface area contributed by atoms with Gasteiger partial charge < -0.3 is 15.2 Å². The normalized spacial score (nSPS) is 24.5. The number of nitrogens with zero attached hydrogens (tertiary/aromatic N) is 1.